The second-order valence-electron chi connectivity index (χ2n) is 14.6. The van der Waals surface area contributed by atoms with Gasteiger partial charge in [0.1, 0.15) is 6.10 Å². The van der Waals surface area contributed by atoms with E-state index in [2.05, 4.69) is 62.5 Å². The van der Waals surface area contributed by atoms with Crippen LogP contribution in [0.1, 0.15) is 194 Å². The summed E-state index contributed by atoms with van der Waals surface area (Å²) in [6.45, 7) is 4.85. The predicted octanol–water partition coefficient (Wildman–Crippen LogP) is 13.2. The van der Waals surface area contributed by atoms with Gasteiger partial charge >= 0.3 is 13.8 Å². The van der Waals surface area contributed by atoms with Gasteiger partial charge in [-0.2, -0.15) is 0 Å². The number of esters is 1. The van der Waals surface area contributed by atoms with E-state index in [0.29, 0.717) is 13.0 Å². The van der Waals surface area contributed by atoms with Crippen molar-refractivity contribution in [2.24, 2.45) is 5.73 Å². The van der Waals surface area contributed by atoms with E-state index < -0.39 is 13.9 Å². The first-order valence-electron chi connectivity index (χ1n) is 22.1. The molecule has 0 aliphatic rings. The Morgan fingerprint density at radius 2 is 0.981 bits per heavy atom. The molecule has 0 saturated heterocycles. The number of hydrogen-bond acceptors (Lipinski definition) is 7. The van der Waals surface area contributed by atoms with Gasteiger partial charge in [-0.05, 0) is 77.0 Å². The molecule has 9 heteroatoms. The van der Waals surface area contributed by atoms with Gasteiger partial charge in [-0.15, -0.1) is 0 Å². The summed E-state index contributed by atoms with van der Waals surface area (Å²) in [6.07, 6.45) is 49.8. The van der Waals surface area contributed by atoms with Gasteiger partial charge in [-0.3, -0.25) is 13.8 Å². The highest BCUT2D eigenvalue weighted by atomic mass is 31.2. The van der Waals surface area contributed by atoms with Gasteiger partial charge in [0.25, 0.3) is 0 Å². The lowest BCUT2D eigenvalue weighted by atomic mass is 10.1. The fraction of sp³-hybridized carbons (Fsp3) is 0.800. The van der Waals surface area contributed by atoms with Crippen LogP contribution in [0.15, 0.2) is 48.6 Å². The van der Waals surface area contributed by atoms with Crippen LogP contribution in [-0.2, 0) is 27.9 Å². The Labute approximate surface area is 332 Å². The van der Waals surface area contributed by atoms with Gasteiger partial charge in [0.15, 0.2) is 0 Å². The van der Waals surface area contributed by atoms with Crippen molar-refractivity contribution in [3.05, 3.63) is 48.6 Å². The van der Waals surface area contributed by atoms with Crippen LogP contribution in [-0.4, -0.2) is 49.9 Å². The van der Waals surface area contributed by atoms with Gasteiger partial charge in [0.2, 0.25) is 0 Å². The average molecular weight is 782 g/mol. The van der Waals surface area contributed by atoms with Gasteiger partial charge < -0.3 is 20.1 Å². The number of phosphoric ester groups is 1. The number of ether oxygens (including phenoxy) is 2. The summed E-state index contributed by atoms with van der Waals surface area (Å²) >= 11 is 0. The van der Waals surface area contributed by atoms with E-state index in [9.17, 15) is 14.3 Å². The van der Waals surface area contributed by atoms with E-state index in [-0.39, 0.29) is 32.3 Å². The molecule has 3 N–H and O–H groups in total. The minimum atomic E-state index is -4.28. The van der Waals surface area contributed by atoms with Crippen LogP contribution in [0.2, 0.25) is 0 Å². The van der Waals surface area contributed by atoms with E-state index in [1.807, 2.05) is 0 Å². The topological polar surface area (TPSA) is 117 Å². The summed E-state index contributed by atoms with van der Waals surface area (Å²) in [5.41, 5.74) is 5.37. The molecule has 316 valence electrons. The first-order chi connectivity index (χ1) is 26.4. The summed E-state index contributed by atoms with van der Waals surface area (Å²) in [6, 6.07) is 0. The van der Waals surface area contributed by atoms with Crippen molar-refractivity contribution in [2.45, 2.75) is 200 Å². The Morgan fingerprint density at radius 1 is 0.556 bits per heavy atom. The Balaban J connectivity index is 4.03. The molecule has 0 aromatic rings. The third-order valence-corrected chi connectivity index (χ3v) is 10.2. The number of nitrogens with two attached hydrogens (primary N) is 1. The molecule has 0 saturated carbocycles. The molecule has 0 fully saturated rings. The molecular formula is C45H84NO7P. The zero-order valence-electron chi connectivity index (χ0n) is 35.0. The molecule has 0 radical (unpaired) electrons. The second kappa shape index (κ2) is 42.6. The summed E-state index contributed by atoms with van der Waals surface area (Å²) in [7, 11) is -4.28. The van der Waals surface area contributed by atoms with Gasteiger partial charge in [-0.1, -0.05) is 159 Å². The zero-order valence-corrected chi connectivity index (χ0v) is 35.8. The number of carbonyl (C=O) groups is 1. The first-order valence-corrected chi connectivity index (χ1v) is 23.6. The number of rotatable bonds is 42. The lowest BCUT2D eigenvalue weighted by molar-refractivity contribution is -0.154. The fourth-order valence-corrected chi connectivity index (χ4v) is 6.70. The fourth-order valence-electron chi connectivity index (χ4n) is 5.94. The number of carbonyl (C=O) groups excluding carboxylic acids is 1. The summed E-state index contributed by atoms with van der Waals surface area (Å²) in [5.74, 6) is -0.346. The molecule has 0 rings (SSSR count). The highest BCUT2D eigenvalue weighted by molar-refractivity contribution is 7.47. The van der Waals surface area contributed by atoms with Crippen molar-refractivity contribution >= 4 is 13.8 Å². The summed E-state index contributed by atoms with van der Waals surface area (Å²) in [4.78, 5) is 22.5. The normalized spacial score (nSPS) is 13.9. The molecule has 0 aliphatic carbocycles. The minimum absolute atomic E-state index is 0.0961. The predicted molar refractivity (Wildman–Crippen MR) is 229 cm³/mol. The number of phosphoric acid groups is 1. The van der Waals surface area contributed by atoms with Crippen molar-refractivity contribution in [3.8, 4) is 0 Å². The summed E-state index contributed by atoms with van der Waals surface area (Å²) in [5, 5.41) is 0. The van der Waals surface area contributed by atoms with E-state index in [4.69, 9.17) is 24.3 Å². The monoisotopic (exact) mass is 782 g/mol. The smallest absolute Gasteiger partial charge is 0.457 e. The molecule has 0 amide bonds. The van der Waals surface area contributed by atoms with Gasteiger partial charge in [-0.25, -0.2) is 4.57 Å². The van der Waals surface area contributed by atoms with Crippen molar-refractivity contribution in [1.82, 2.24) is 0 Å². The Hall–Kier alpha value is -1.54. The minimum Gasteiger partial charge on any atom is -0.457 e. The maximum Gasteiger partial charge on any atom is 0.472 e. The Morgan fingerprint density at radius 3 is 1.44 bits per heavy atom. The largest absolute Gasteiger partial charge is 0.472 e. The van der Waals surface area contributed by atoms with Crippen LogP contribution in [0.25, 0.3) is 0 Å². The van der Waals surface area contributed by atoms with Crippen molar-refractivity contribution in [3.63, 3.8) is 0 Å². The van der Waals surface area contributed by atoms with Crippen LogP contribution in [0, 0.1) is 0 Å². The Kier molecular flexibility index (Phi) is 41.4. The van der Waals surface area contributed by atoms with Crippen molar-refractivity contribution in [1.29, 1.82) is 0 Å². The highest BCUT2D eigenvalue weighted by Gasteiger charge is 2.25. The van der Waals surface area contributed by atoms with Crippen LogP contribution in [0.3, 0.4) is 0 Å². The lowest BCUT2D eigenvalue weighted by Gasteiger charge is -2.20. The first kappa shape index (κ1) is 52.5. The van der Waals surface area contributed by atoms with E-state index in [0.717, 1.165) is 64.2 Å². The molecule has 2 unspecified atom stereocenters. The van der Waals surface area contributed by atoms with Crippen molar-refractivity contribution in [2.75, 3.05) is 33.0 Å². The molecule has 0 spiro atoms. The average Bonchev–Trinajstić information content (AvgIpc) is 3.16. The van der Waals surface area contributed by atoms with Crippen molar-refractivity contribution < 1.29 is 32.8 Å². The molecule has 54 heavy (non-hydrogen) atoms. The third kappa shape index (κ3) is 41.6. The molecule has 8 nitrogen and oxygen atoms in total. The van der Waals surface area contributed by atoms with Gasteiger partial charge in [0, 0.05) is 19.6 Å². The molecule has 0 aliphatic heterocycles. The van der Waals surface area contributed by atoms with Crippen LogP contribution < -0.4 is 5.73 Å². The standard InChI is InChI=1S/C45H84NO7P/c1-3-5-7-9-11-13-15-17-19-20-21-22-23-25-27-29-31-33-35-37-40-50-42-44(43-52-54(48,49)51-41-39-46)53-45(47)38-36-34-32-30-28-26-24-18-16-14-12-10-8-6-4-2/h11-14,17-19,24,44H,3-10,15-16,20-23,25-43,46H2,1-2H3,(H,48,49)/b13-11-,14-12-,19-17-,24-18-. The lowest BCUT2D eigenvalue weighted by Crippen LogP contribution is -2.28. The summed E-state index contributed by atoms with van der Waals surface area (Å²) < 4.78 is 33.4. The zero-order chi connectivity index (χ0) is 39.5. The van der Waals surface area contributed by atoms with Crippen LogP contribution in [0.5, 0.6) is 0 Å². The second-order valence-corrected chi connectivity index (χ2v) is 16.0. The molecule has 0 aromatic heterocycles. The maximum absolute atomic E-state index is 12.6. The molecule has 0 aromatic carbocycles. The van der Waals surface area contributed by atoms with Crippen LogP contribution >= 0.6 is 7.82 Å². The molecular weight excluding hydrogens is 697 g/mol. The highest BCUT2D eigenvalue weighted by Crippen LogP contribution is 2.43. The third-order valence-electron chi connectivity index (χ3n) is 9.22. The molecule has 0 heterocycles. The van der Waals surface area contributed by atoms with E-state index >= 15 is 0 Å². The molecule has 2 atom stereocenters. The van der Waals surface area contributed by atoms with E-state index in [1.54, 1.807) is 0 Å². The molecule has 0 bridgehead atoms. The maximum atomic E-state index is 12.6. The Bertz CT molecular complexity index is 968. The van der Waals surface area contributed by atoms with Crippen LogP contribution in [0.4, 0.5) is 0 Å². The van der Waals surface area contributed by atoms with Gasteiger partial charge in [0.05, 0.1) is 19.8 Å². The number of hydrogen-bond donors (Lipinski definition) is 2. The van der Waals surface area contributed by atoms with E-state index in [1.165, 1.54) is 109 Å². The quantitative estimate of drug-likeness (QED) is 0.0272. The SMILES string of the molecule is CCCCC/C=C\C/C=C\CCCCCCCCCCCCOCC(COP(=O)(O)OCCN)OC(=O)CCCCCCC/C=C\C/C=C\CCCCC. The number of allylic oxidation sites excluding steroid dienone is 8. The number of unbranched alkanes of at least 4 members (excludes halogenated alkanes) is 21.